The topological polar surface area (TPSA) is 61.4 Å². The molecule has 0 unspecified atom stereocenters. The first-order chi connectivity index (χ1) is 14.7. The lowest BCUT2D eigenvalue weighted by Crippen LogP contribution is -2.62. The smallest absolute Gasteiger partial charge is 0.191 e. The van der Waals surface area contributed by atoms with Gasteiger partial charge in [-0.05, 0) is 84.1 Å². The zero-order valence-electron chi connectivity index (χ0n) is 19.9. The highest BCUT2D eigenvalue weighted by atomic mass is 127. The van der Waals surface area contributed by atoms with Crippen molar-refractivity contribution in [3.8, 4) is 0 Å². The van der Waals surface area contributed by atoms with E-state index in [0.717, 1.165) is 64.7 Å². The van der Waals surface area contributed by atoms with Crippen LogP contribution in [0, 0.1) is 5.92 Å². The fraction of sp³-hybridized carbons (Fsp3) is 0.957. The maximum absolute atomic E-state index is 5.88. The Morgan fingerprint density at radius 2 is 1.77 bits per heavy atom. The van der Waals surface area contributed by atoms with Gasteiger partial charge in [0.25, 0.3) is 0 Å². The van der Waals surface area contributed by atoms with Crippen molar-refractivity contribution in [2.75, 3.05) is 79.8 Å². The Bertz CT molecular complexity index is 502. The highest BCUT2D eigenvalue weighted by Gasteiger charge is 2.39. The lowest BCUT2D eigenvalue weighted by atomic mass is 9.84. The number of ether oxygens (including phenoxy) is 2. The molecular weight excluding hydrogens is 505 g/mol. The fourth-order valence-electron chi connectivity index (χ4n) is 5.02. The number of rotatable bonds is 9. The van der Waals surface area contributed by atoms with Gasteiger partial charge >= 0.3 is 0 Å². The highest BCUT2D eigenvalue weighted by molar-refractivity contribution is 14.0. The van der Waals surface area contributed by atoms with Crippen LogP contribution in [0.1, 0.15) is 51.4 Å². The van der Waals surface area contributed by atoms with Gasteiger partial charge < -0.3 is 25.0 Å². The molecule has 3 fully saturated rings. The molecule has 7 nitrogen and oxygen atoms in total. The molecule has 0 aromatic heterocycles. The minimum absolute atomic E-state index is 0. The Morgan fingerprint density at radius 1 is 1.06 bits per heavy atom. The molecule has 3 rings (SSSR count). The van der Waals surface area contributed by atoms with Crippen LogP contribution in [0.5, 0.6) is 0 Å². The number of hydrogen-bond donors (Lipinski definition) is 2. The Balaban J connectivity index is 0.00000341. The lowest BCUT2D eigenvalue weighted by Gasteiger charge is -2.50. The summed E-state index contributed by atoms with van der Waals surface area (Å²) >= 11 is 0. The zero-order chi connectivity index (χ0) is 21.1. The van der Waals surface area contributed by atoms with Crippen LogP contribution in [-0.2, 0) is 9.47 Å². The number of nitrogens with zero attached hydrogens (tertiary/aromatic N) is 3. The number of hydrogen-bond acceptors (Lipinski definition) is 5. The SMILES string of the molecule is CN=C(NCCCOCC1CCOCC1)NCC1(N2CCCCC2)CCN(C)CC1.I. The molecule has 3 aliphatic rings. The third-order valence-corrected chi connectivity index (χ3v) is 7.21. The molecule has 0 bridgehead atoms. The van der Waals surface area contributed by atoms with Crippen molar-refractivity contribution in [3.05, 3.63) is 0 Å². The van der Waals surface area contributed by atoms with Crippen molar-refractivity contribution in [3.63, 3.8) is 0 Å². The van der Waals surface area contributed by atoms with E-state index >= 15 is 0 Å². The van der Waals surface area contributed by atoms with Gasteiger partial charge in [-0.15, -0.1) is 24.0 Å². The van der Waals surface area contributed by atoms with Gasteiger partial charge in [0.2, 0.25) is 0 Å². The second-order valence-electron chi connectivity index (χ2n) is 9.41. The van der Waals surface area contributed by atoms with Crippen molar-refractivity contribution in [1.82, 2.24) is 20.4 Å². The zero-order valence-corrected chi connectivity index (χ0v) is 22.2. The minimum atomic E-state index is 0. The molecule has 0 aromatic carbocycles. The Morgan fingerprint density at radius 3 is 2.45 bits per heavy atom. The van der Waals surface area contributed by atoms with E-state index in [9.17, 15) is 0 Å². The van der Waals surface area contributed by atoms with E-state index in [1.54, 1.807) is 0 Å². The minimum Gasteiger partial charge on any atom is -0.381 e. The highest BCUT2D eigenvalue weighted by Crippen LogP contribution is 2.30. The molecule has 0 aliphatic carbocycles. The van der Waals surface area contributed by atoms with E-state index in [-0.39, 0.29) is 29.5 Å². The van der Waals surface area contributed by atoms with E-state index < -0.39 is 0 Å². The van der Waals surface area contributed by atoms with E-state index in [1.165, 1.54) is 58.3 Å². The van der Waals surface area contributed by atoms with E-state index in [1.807, 2.05) is 7.05 Å². The Kier molecular flexibility index (Phi) is 13.0. The fourth-order valence-corrected chi connectivity index (χ4v) is 5.02. The molecule has 3 heterocycles. The van der Waals surface area contributed by atoms with Crippen LogP contribution in [0.4, 0.5) is 0 Å². The molecule has 3 saturated heterocycles. The number of nitrogens with one attached hydrogen (secondary N) is 2. The average Bonchev–Trinajstić information content (AvgIpc) is 2.80. The first kappa shape index (κ1) is 27.1. The van der Waals surface area contributed by atoms with E-state index in [4.69, 9.17) is 9.47 Å². The van der Waals surface area contributed by atoms with E-state index in [0.29, 0.717) is 5.92 Å². The van der Waals surface area contributed by atoms with E-state index in [2.05, 4.69) is 32.5 Å². The van der Waals surface area contributed by atoms with Crippen LogP contribution < -0.4 is 10.6 Å². The van der Waals surface area contributed by atoms with Crippen LogP contribution in [0.25, 0.3) is 0 Å². The number of likely N-dealkylation sites (tertiary alicyclic amines) is 2. The molecular formula is C23H46IN5O2. The van der Waals surface area contributed by atoms with Gasteiger partial charge in [-0.25, -0.2) is 0 Å². The van der Waals surface area contributed by atoms with Crippen LogP contribution in [0.2, 0.25) is 0 Å². The van der Waals surface area contributed by atoms with Gasteiger partial charge in [0.05, 0.1) is 0 Å². The third-order valence-electron chi connectivity index (χ3n) is 7.21. The number of guanidine groups is 1. The standard InChI is InChI=1S/C23H45N5O2.HI/c1-24-22(25-11-6-16-30-19-21-7-17-29-18-8-21)26-20-23(9-14-27(2)15-10-23)28-12-4-3-5-13-28;/h21H,3-20H2,1-2H3,(H2,24,25,26);1H. The molecule has 0 amide bonds. The molecule has 0 spiro atoms. The van der Waals surface area contributed by atoms with Crippen LogP contribution in [-0.4, -0.2) is 101 Å². The molecule has 8 heteroatoms. The largest absolute Gasteiger partial charge is 0.381 e. The molecule has 0 saturated carbocycles. The van der Waals surface area contributed by atoms with Gasteiger partial charge in [-0.2, -0.15) is 0 Å². The number of halogens is 1. The van der Waals surface area contributed by atoms with Crippen LogP contribution in [0.15, 0.2) is 4.99 Å². The summed E-state index contributed by atoms with van der Waals surface area (Å²) in [5, 5.41) is 7.15. The summed E-state index contributed by atoms with van der Waals surface area (Å²) in [5.74, 6) is 1.61. The second-order valence-corrected chi connectivity index (χ2v) is 9.41. The molecule has 0 atom stereocenters. The van der Waals surface area contributed by atoms with Crippen molar-refractivity contribution in [2.45, 2.75) is 56.9 Å². The summed E-state index contributed by atoms with van der Waals surface area (Å²) in [6.45, 7) is 10.2. The molecule has 0 radical (unpaired) electrons. The molecule has 182 valence electrons. The third kappa shape index (κ3) is 8.95. The monoisotopic (exact) mass is 551 g/mol. The average molecular weight is 552 g/mol. The van der Waals surface area contributed by atoms with Gasteiger partial charge in [0.1, 0.15) is 0 Å². The first-order valence-electron chi connectivity index (χ1n) is 12.3. The second kappa shape index (κ2) is 14.9. The van der Waals surface area contributed by atoms with Crippen LogP contribution in [0.3, 0.4) is 0 Å². The summed E-state index contributed by atoms with van der Waals surface area (Å²) in [6.07, 6.45) is 9.86. The van der Waals surface area contributed by atoms with Crippen molar-refractivity contribution < 1.29 is 9.47 Å². The summed E-state index contributed by atoms with van der Waals surface area (Å²) in [6, 6.07) is 0. The summed E-state index contributed by atoms with van der Waals surface area (Å²) < 4.78 is 11.3. The summed E-state index contributed by atoms with van der Waals surface area (Å²) in [5.41, 5.74) is 0.275. The number of piperidine rings is 2. The normalized spacial score (nSPS) is 23.9. The van der Waals surface area contributed by atoms with Crippen LogP contribution >= 0.6 is 24.0 Å². The lowest BCUT2D eigenvalue weighted by molar-refractivity contribution is 0.0172. The van der Waals surface area contributed by atoms with Gasteiger partial charge in [-0.1, -0.05) is 6.42 Å². The number of aliphatic imine (C=N–C) groups is 1. The van der Waals surface area contributed by atoms with Crippen molar-refractivity contribution >= 4 is 29.9 Å². The predicted molar refractivity (Wildman–Crippen MR) is 139 cm³/mol. The maximum atomic E-state index is 5.88. The predicted octanol–water partition coefficient (Wildman–Crippen LogP) is 2.55. The molecule has 0 aromatic rings. The molecule has 3 aliphatic heterocycles. The maximum Gasteiger partial charge on any atom is 0.191 e. The van der Waals surface area contributed by atoms with Gasteiger partial charge in [-0.3, -0.25) is 9.89 Å². The summed E-state index contributed by atoms with van der Waals surface area (Å²) in [7, 11) is 4.12. The molecule has 2 N–H and O–H groups in total. The van der Waals surface area contributed by atoms with Gasteiger partial charge in [0, 0.05) is 52.1 Å². The van der Waals surface area contributed by atoms with Crippen molar-refractivity contribution in [1.29, 1.82) is 0 Å². The Hall–Kier alpha value is -0.160. The Labute approximate surface area is 207 Å². The molecule has 31 heavy (non-hydrogen) atoms. The quantitative estimate of drug-likeness (QED) is 0.199. The van der Waals surface area contributed by atoms with Crippen molar-refractivity contribution in [2.24, 2.45) is 10.9 Å². The van der Waals surface area contributed by atoms with Gasteiger partial charge in [0.15, 0.2) is 5.96 Å². The first-order valence-corrected chi connectivity index (χ1v) is 12.3. The summed E-state index contributed by atoms with van der Waals surface area (Å²) in [4.78, 5) is 9.71.